The van der Waals surface area contributed by atoms with Gasteiger partial charge in [0.1, 0.15) is 5.82 Å². The monoisotopic (exact) mass is 294 g/mol. The quantitative estimate of drug-likeness (QED) is 0.814. The summed E-state index contributed by atoms with van der Waals surface area (Å²) in [5.74, 6) is -0.296. The fourth-order valence-electron chi connectivity index (χ4n) is 1.63. The van der Waals surface area contributed by atoms with Gasteiger partial charge in [-0.05, 0) is 64.8 Å². The first-order valence-electron chi connectivity index (χ1n) is 5.14. The van der Waals surface area contributed by atoms with Crippen LogP contribution in [0.25, 0.3) is 0 Å². The van der Waals surface area contributed by atoms with E-state index in [0.29, 0.717) is 15.8 Å². The highest BCUT2D eigenvalue weighted by molar-refractivity contribution is 9.10. The number of nitrogens with two attached hydrogens (primary N) is 1. The average Bonchev–Trinajstić information content (AvgIpc) is 2.22. The number of anilines is 3. The molecule has 0 atom stereocenters. The molecule has 3 N–H and O–H groups in total. The Morgan fingerprint density at radius 1 is 1.12 bits per heavy atom. The van der Waals surface area contributed by atoms with Crippen LogP contribution in [0.1, 0.15) is 5.56 Å². The lowest BCUT2D eigenvalue weighted by Crippen LogP contribution is -1.94. The van der Waals surface area contributed by atoms with Gasteiger partial charge in [0, 0.05) is 17.1 Å². The van der Waals surface area contributed by atoms with Gasteiger partial charge in [0.25, 0.3) is 0 Å². The Morgan fingerprint density at radius 2 is 1.88 bits per heavy atom. The van der Waals surface area contributed by atoms with Crippen LogP contribution >= 0.6 is 15.9 Å². The maximum Gasteiger partial charge on any atom is 0.139 e. The first-order valence-corrected chi connectivity index (χ1v) is 5.93. The van der Waals surface area contributed by atoms with Crippen molar-refractivity contribution in [3.8, 4) is 0 Å². The Morgan fingerprint density at radius 3 is 2.53 bits per heavy atom. The molecule has 0 bridgehead atoms. The number of hydrogen-bond donors (Lipinski definition) is 2. The van der Waals surface area contributed by atoms with Crippen molar-refractivity contribution in [3.05, 3.63) is 52.3 Å². The molecule has 0 aliphatic rings. The molecule has 2 nitrogen and oxygen atoms in total. The molecule has 0 fully saturated rings. The molecule has 0 radical (unpaired) electrons. The summed E-state index contributed by atoms with van der Waals surface area (Å²) in [6.07, 6.45) is 0. The third kappa shape index (κ3) is 2.97. The Balaban J connectivity index is 2.28. The molecule has 0 saturated heterocycles. The Hall–Kier alpha value is -1.55. The van der Waals surface area contributed by atoms with Crippen molar-refractivity contribution in [1.29, 1.82) is 0 Å². The van der Waals surface area contributed by atoms with Crippen LogP contribution in [0.15, 0.2) is 40.9 Å². The molecule has 0 amide bonds. The third-order valence-electron chi connectivity index (χ3n) is 2.31. The highest BCUT2D eigenvalue weighted by Gasteiger charge is 2.02. The lowest BCUT2D eigenvalue weighted by Gasteiger charge is -2.09. The zero-order valence-corrected chi connectivity index (χ0v) is 10.9. The predicted molar refractivity (Wildman–Crippen MR) is 73.0 cm³/mol. The minimum absolute atomic E-state index is 0.296. The molecule has 88 valence electrons. The summed E-state index contributed by atoms with van der Waals surface area (Å²) in [7, 11) is 0. The maximum atomic E-state index is 13.3. The zero-order chi connectivity index (χ0) is 12.4. The van der Waals surface area contributed by atoms with Crippen molar-refractivity contribution in [2.45, 2.75) is 6.92 Å². The Labute approximate surface area is 108 Å². The molecule has 2 rings (SSSR count). The molecular formula is C13H12BrFN2. The van der Waals surface area contributed by atoms with Crippen LogP contribution in [0.5, 0.6) is 0 Å². The second-order valence-electron chi connectivity index (χ2n) is 3.89. The molecule has 0 heterocycles. The van der Waals surface area contributed by atoms with Gasteiger partial charge in [-0.3, -0.25) is 0 Å². The van der Waals surface area contributed by atoms with E-state index in [1.54, 1.807) is 12.1 Å². The van der Waals surface area contributed by atoms with Gasteiger partial charge in [-0.1, -0.05) is 0 Å². The van der Waals surface area contributed by atoms with Crippen molar-refractivity contribution in [2.24, 2.45) is 0 Å². The molecule has 0 aliphatic carbocycles. The molecule has 0 unspecified atom stereocenters. The second-order valence-corrected chi connectivity index (χ2v) is 4.74. The van der Waals surface area contributed by atoms with E-state index < -0.39 is 0 Å². The summed E-state index contributed by atoms with van der Waals surface area (Å²) in [4.78, 5) is 0. The number of hydrogen-bond acceptors (Lipinski definition) is 2. The number of aryl methyl sites for hydroxylation is 1. The summed E-state index contributed by atoms with van der Waals surface area (Å²) in [5.41, 5.74) is 9.03. The molecule has 4 heteroatoms. The van der Waals surface area contributed by atoms with Crippen molar-refractivity contribution >= 4 is 33.0 Å². The first-order chi connectivity index (χ1) is 8.04. The molecule has 2 aromatic rings. The second kappa shape index (κ2) is 4.75. The lowest BCUT2D eigenvalue weighted by molar-refractivity contribution is 0.622. The fraction of sp³-hybridized carbons (Fsp3) is 0.0769. The van der Waals surface area contributed by atoms with Gasteiger partial charge in [-0.25, -0.2) is 4.39 Å². The predicted octanol–water partition coefficient (Wildman–Crippen LogP) is 4.22. The number of halogens is 2. The summed E-state index contributed by atoms with van der Waals surface area (Å²) in [6.45, 7) is 1.96. The smallest absolute Gasteiger partial charge is 0.139 e. The molecule has 0 aliphatic heterocycles. The van der Waals surface area contributed by atoms with Gasteiger partial charge in [-0.15, -0.1) is 0 Å². The van der Waals surface area contributed by atoms with Gasteiger partial charge in [0.15, 0.2) is 0 Å². The normalized spacial score (nSPS) is 10.3. The highest BCUT2D eigenvalue weighted by atomic mass is 79.9. The molecule has 2 aromatic carbocycles. The minimum atomic E-state index is -0.296. The largest absolute Gasteiger partial charge is 0.399 e. The van der Waals surface area contributed by atoms with E-state index in [1.807, 2.05) is 25.1 Å². The number of rotatable bonds is 2. The van der Waals surface area contributed by atoms with E-state index in [1.165, 1.54) is 6.07 Å². The van der Waals surface area contributed by atoms with Gasteiger partial charge >= 0.3 is 0 Å². The maximum absolute atomic E-state index is 13.3. The van der Waals surface area contributed by atoms with E-state index >= 15 is 0 Å². The van der Waals surface area contributed by atoms with Gasteiger partial charge in [-0.2, -0.15) is 0 Å². The average molecular weight is 295 g/mol. The van der Waals surface area contributed by atoms with Crippen LogP contribution in [-0.2, 0) is 0 Å². The van der Waals surface area contributed by atoms with Crippen LogP contribution in [-0.4, -0.2) is 0 Å². The standard InChI is InChI=1S/C13H12BrFN2/c1-8-4-9(16)6-11(5-8)17-10-2-3-12(14)13(15)7-10/h2-7,17H,16H2,1H3. The third-order valence-corrected chi connectivity index (χ3v) is 2.95. The van der Waals surface area contributed by atoms with Crippen LogP contribution in [0.2, 0.25) is 0 Å². The molecular weight excluding hydrogens is 283 g/mol. The summed E-state index contributed by atoms with van der Waals surface area (Å²) >= 11 is 3.12. The van der Waals surface area contributed by atoms with E-state index in [4.69, 9.17) is 5.73 Å². The summed E-state index contributed by atoms with van der Waals surface area (Å²) in [6, 6.07) is 10.5. The van der Waals surface area contributed by atoms with Crippen molar-refractivity contribution < 1.29 is 4.39 Å². The molecule has 17 heavy (non-hydrogen) atoms. The summed E-state index contributed by atoms with van der Waals surface area (Å²) in [5, 5.41) is 3.11. The highest BCUT2D eigenvalue weighted by Crippen LogP contribution is 2.24. The van der Waals surface area contributed by atoms with E-state index in [9.17, 15) is 4.39 Å². The zero-order valence-electron chi connectivity index (χ0n) is 9.30. The number of nitrogens with one attached hydrogen (secondary N) is 1. The van der Waals surface area contributed by atoms with E-state index in [2.05, 4.69) is 21.2 Å². The van der Waals surface area contributed by atoms with Gasteiger partial charge in [0.05, 0.1) is 4.47 Å². The van der Waals surface area contributed by atoms with Crippen molar-refractivity contribution in [1.82, 2.24) is 0 Å². The minimum Gasteiger partial charge on any atom is -0.399 e. The van der Waals surface area contributed by atoms with Crippen molar-refractivity contribution in [3.63, 3.8) is 0 Å². The fourth-order valence-corrected chi connectivity index (χ4v) is 1.87. The molecule has 0 saturated carbocycles. The molecule has 0 spiro atoms. The first kappa shape index (κ1) is 11.9. The molecule has 0 aromatic heterocycles. The lowest BCUT2D eigenvalue weighted by atomic mass is 10.2. The van der Waals surface area contributed by atoms with E-state index in [-0.39, 0.29) is 5.82 Å². The van der Waals surface area contributed by atoms with Crippen LogP contribution in [0.3, 0.4) is 0 Å². The van der Waals surface area contributed by atoms with E-state index in [0.717, 1.165) is 11.3 Å². The van der Waals surface area contributed by atoms with Crippen LogP contribution in [0, 0.1) is 12.7 Å². The Kier molecular flexibility index (Phi) is 3.33. The van der Waals surface area contributed by atoms with Gasteiger partial charge < -0.3 is 11.1 Å². The van der Waals surface area contributed by atoms with Crippen LogP contribution < -0.4 is 11.1 Å². The van der Waals surface area contributed by atoms with Gasteiger partial charge in [0.2, 0.25) is 0 Å². The number of nitrogen functional groups attached to an aromatic ring is 1. The van der Waals surface area contributed by atoms with Crippen LogP contribution in [0.4, 0.5) is 21.5 Å². The topological polar surface area (TPSA) is 38.0 Å². The summed E-state index contributed by atoms with van der Waals surface area (Å²) < 4.78 is 13.8. The Bertz CT molecular complexity index is 535. The SMILES string of the molecule is Cc1cc(N)cc(Nc2ccc(Br)c(F)c2)c1. The van der Waals surface area contributed by atoms with Crippen molar-refractivity contribution in [2.75, 3.05) is 11.1 Å². The number of benzene rings is 2.